The van der Waals surface area contributed by atoms with E-state index in [1.807, 2.05) is 6.07 Å². The van der Waals surface area contributed by atoms with Crippen LogP contribution in [0.4, 0.5) is 0 Å². The summed E-state index contributed by atoms with van der Waals surface area (Å²) < 4.78 is 2.32. The van der Waals surface area contributed by atoms with Crippen LogP contribution in [0.5, 0.6) is 0 Å². The van der Waals surface area contributed by atoms with E-state index in [1.165, 1.54) is 38.9 Å². The van der Waals surface area contributed by atoms with Crippen molar-refractivity contribution in [3.05, 3.63) is 59.2 Å². The van der Waals surface area contributed by atoms with Crippen LogP contribution < -0.4 is 0 Å². The molecule has 1 heterocycles. The van der Waals surface area contributed by atoms with E-state index in [-0.39, 0.29) is 26.2 Å². The van der Waals surface area contributed by atoms with Crippen LogP contribution in [0.15, 0.2) is 36.4 Å². The Morgan fingerprint density at radius 3 is 2.89 bits per heavy atom. The maximum atomic E-state index is 3.38. The standard InChI is InChI=1S/C17H14N.Zr/c1-11-7-8-16-14(9-11)15-10-12-5-3-4-6-13(12)17(15)18(16)2;/h3-4,6-9H,10H2,1-2H3;/q-1;. The normalized spacial score (nSPS) is 12.1. The number of hydrogen-bond donors (Lipinski definition) is 0. The molecular formula is C17H14NZr-. The van der Waals surface area contributed by atoms with Crippen molar-refractivity contribution in [3.8, 4) is 11.3 Å². The van der Waals surface area contributed by atoms with Gasteiger partial charge in [0.2, 0.25) is 0 Å². The van der Waals surface area contributed by atoms with E-state index in [1.54, 1.807) is 0 Å². The molecule has 1 aliphatic rings. The van der Waals surface area contributed by atoms with E-state index in [0.29, 0.717) is 0 Å². The van der Waals surface area contributed by atoms with Crippen molar-refractivity contribution >= 4 is 10.9 Å². The molecule has 0 fully saturated rings. The molecule has 4 rings (SSSR count). The summed E-state index contributed by atoms with van der Waals surface area (Å²) in [6.07, 6.45) is 1.02. The fraction of sp³-hybridized carbons (Fsp3) is 0.176. The Hall–Kier alpha value is -1.14. The zero-order valence-electron chi connectivity index (χ0n) is 11.1. The Balaban J connectivity index is 0.00000110. The number of benzene rings is 2. The van der Waals surface area contributed by atoms with E-state index in [0.717, 1.165) is 6.42 Å². The number of hydrogen-bond acceptors (Lipinski definition) is 0. The Labute approximate surface area is 132 Å². The summed E-state index contributed by atoms with van der Waals surface area (Å²) in [6.45, 7) is 2.16. The van der Waals surface area contributed by atoms with E-state index in [4.69, 9.17) is 0 Å². The van der Waals surface area contributed by atoms with Gasteiger partial charge in [0.1, 0.15) is 0 Å². The van der Waals surface area contributed by atoms with Gasteiger partial charge in [-0.2, -0.15) is 24.3 Å². The molecule has 3 aromatic rings. The van der Waals surface area contributed by atoms with Crippen LogP contribution in [0.2, 0.25) is 0 Å². The third-order valence-corrected chi connectivity index (χ3v) is 4.01. The number of rotatable bonds is 0. The Morgan fingerprint density at radius 2 is 2.05 bits per heavy atom. The average molecular weight is 324 g/mol. The van der Waals surface area contributed by atoms with Gasteiger partial charge in [0.15, 0.2) is 0 Å². The average Bonchev–Trinajstić information content (AvgIpc) is 2.87. The van der Waals surface area contributed by atoms with Gasteiger partial charge in [-0.3, -0.25) is 0 Å². The van der Waals surface area contributed by atoms with Gasteiger partial charge < -0.3 is 4.57 Å². The molecule has 0 saturated carbocycles. The fourth-order valence-electron chi connectivity index (χ4n) is 3.17. The first-order chi connectivity index (χ1) is 8.75. The molecule has 19 heavy (non-hydrogen) atoms. The molecule has 0 unspecified atom stereocenters. The van der Waals surface area contributed by atoms with Gasteiger partial charge in [0.25, 0.3) is 0 Å². The minimum atomic E-state index is 0. The third kappa shape index (κ3) is 1.70. The molecule has 1 nitrogen and oxygen atoms in total. The van der Waals surface area contributed by atoms with Crippen LogP contribution in [0.25, 0.3) is 22.2 Å². The van der Waals surface area contributed by atoms with Crippen LogP contribution in [-0.4, -0.2) is 4.57 Å². The fourth-order valence-corrected chi connectivity index (χ4v) is 3.17. The predicted octanol–water partition coefficient (Wildman–Crippen LogP) is 3.86. The van der Waals surface area contributed by atoms with Crippen molar-refractivity contribution in [1.29, 1.82) is 0 Å². The topological polar surface area (TPSA) is 4.93 Å². The van der Waals surface area contributed by atoms with E-state index < -0.39 is 0 Å². The number of nitrogens with zero attached hydrogens (tertiary/aromatic N) is 1. The summed E-state index contributed by atoms with van der Waals surface area (Å²) >= 11 is 0. The van der Waals surface area contributed by atoms with E-state index in [9.17, 15) is 0 Å². The Bertz CT molecular complexity index is 783. The molecule has 0 bridgehead atoms. The minimum absolute atomic E-state index is 0. The molecule has 0 N–H and O–H groups in total. The number of fused-ring (bicyclic) bond motifs is 5. The molecule has 2 heteroatoms. The summed E-state index contributed by atoms with van der Waals surface area (Å²) in [4.78, 5) is 0. The SMILES string of the molecule is Cc1ccc2c(c1)c1c(n2C)-c2ccc[c-]c2C1.[Zr]. The van der Waals surface area contributed by atoms with Gasteiger partial charge >= 0.3 is 0 Å². The molecule has 0 spiro atoms. The first-order valence-electron chi connectivity index (χ1n) is 6.33. The first kappa shape index (κ1) is 12.9. The van der Waals surface area contributed by atoms with Crippen molar-refractivity contribution in [3.63, 3.8) is 0 Å². The Kier molecular flexibility index (Phi) is 3.02. The maximum Gasteiger partial charge on any atom is 0.0476 e. The van der Waals surface area contributed by atoms with Crippen LogP contribution in [0.1, 0.15) is 16.7 Å². The second kappa shape index (κ2) is 4.45. The van der Waals surface area contributed by atoms with Gasteiger partial charge in [-0.1, -0.05) is 11.6 Å². The second-order valence-electron chi connectivity index (χ2n) is 5.15. The third-order valence-electron chi connectivity index (χ3n) is 4.01. The first-order valence-corrected chi connectivity index (χ1v) is 6.33. The molecular weight excluding hydrogens is 309 g/mol. The van der Waals surface area contributed by atoms with Crippen molar-refractivity contribution in [2.45, 2.75) is 13.3 Å². The predicted molar refractivity (Wildman–Crippen MR) is 74.7 cm³/mol. The molecule has 0 aliphatic heterocycles. The van der Waals surface area contributed by atoms with E-state index >= 15 is 0 Å². The zero-order valence-corrected chi connectivity index (χ0v) is 13.6. The molecule has 2 aromatic carbocycles. The minimum Gasteiger partial charge on any atom is -0.354 e. The monoisotopic (exact) mass is 322 g/mol. The summed E-state index contributed by atoms with van der Waals surface area (Å²) in [5.41, 5.74) is 8.19. The van der Waals surface area contributed by atoms with E-state index in [2.05, 4.69) is 54.9 Å². The van der Waals surface area contributed by atoms with Gasteiger partial charge in [-0.15, -0.1) is 11.1 Å². The number of aryl methyl sites for hydroxylation is 2. The van der Waals surface area contributed by atoms with Crippen molar-refractivity contribution in [1.82, 2.24) is 4.57 Å². The molecule has 0 radical (unpaired) electrons. The van der Waals surface area contributed by atoms with Crippen LogP contribution in [-0.2, 0) is 39.7 Å². The molecule has 0 saturated heterocycles. The summed E-state index contributed by atoms with van der Waals surface area (Å²) in [6, 6.07) is 16.4. The summed E-state index contributed by atoms with van der Waals surface area (Å²) in [7, 11) is 2.17. The quantitative estimate of drug-likeness (QED) is 0.433. The molecule has 92 valence electrons. The summed E-state index contributed by atoms with van der Waals surface area (Å²) in [5, 5.41) is 1.40. The van der Waals surface area contributed by atoms with Crippen LogP contribution in [0, 0.1) is 13.0 Å². The molecule has 0 amide bonds. The molecule has 1 aliphatic carbocycles. The van der Waals surface area contributed by atoms with Crippen molar-refractivity contribution in [2.75, 3.05) is 0 Å². The second-order valence-corrected chi connectivity index (χ2v) is 5.15. The van der Waals surface area contributed by atoms with Gasteiger partial charge in [0, 0.05) is 44.2 Å². The van der Waals surface area contributed by atoms with Gasteiger partial charge in [-0.25, -0.2) is 0 Å². The van der Waals surface area contributed by atoms with Gasteiger partial charge in [-0.05, 0) is 36.7 Å². The molecule has 1 aromatic heterocycles. The van der Waals surface area contributed by atoms with Crippen molar-refractivity contribution < 1.29 is 26.2 Å². The molecule has 0 atom stereocenters. The number of aromatic nitrogens is 1. The Morgan fingerprint density at radius 1 is 1.21 bits per heavy atom. The van der Waals surface area contributed by atoms with Crippen LogP contribution in [0.3, 0.4) is 0 Å². The van der Waals surface area contributed by atoms with Gasteiger partial charge in [0.05, 0.1) is 0 Å². The van der Waals surface area contributed by atoms with Crippen molar-refractivity contribution in [2.24, 2.45) is 7.05 Å². The summed E-state index contributed by atoms with van der Waals surface area (Å²) in [5.74, 6) is 0. The largest absolute Gasteiger partial charge is 0.354 e. The maximum absolute atomic E-state index is 3.38. The zero-order chi connectivity index (χ0) is 12.3. The smallest absolute Gasteiger partial charge is 0.0476 e. The van der Waals surface area contributed by atoms with Crippen LogP contribution >= 0.6 is 0 Å².